The molecule has 0 atom stereocenters. The van der Waals surface area contributed by atoms with Gasteiger partial charge in [-0.25, -0.2) is 4.98 Å². The van der Waals surface area contributed by atoms with Crippen molar-refractivity contribution in [1.82, 2.24) is 9.97 Å². The van der Waals surface area contributed by atoms with Crippen LogP contribution in [-0.2, 0) is 0 Å². The van der Waals surface area contributed by atoms with Crippen molar-refractivity contribution in [3.05, 3.63) is 40.5 Å². The number of hydrogen-bond donors (Lipinski definition) is 1. The summed E-state index contributed by atoms with van der Waals surface area (Å²) in [6.07, 6.45) is 6.91. The zero-order valence-electron chi connectivity index (χ0n) is 12.8. The average molecular weight is 361 g/mol. The van der Waals surface area contributed by atoms with Gasteiger partial charge in [0.25, 0.3) is 0 Å². The molecule has 116 valence electrons. The van der Waals surface area contributed by atoms with E-state index < -0.39 is 0 Å². The van der Waals surface area contributed by atoms with E-state index in [1.54, 1.807) is 0 Å². The maximum absolute atomic E-state index is 4.67. The summed E-state index contributed by atoms with van der Waals surface area (Å²) >= 11 is 3.56. The molecular formula is C17H21BrN4. The van der Waals surface area contributed by atoms with E-state index in [0.717, 1.165) is 35.0 Å². The molecule has 5 heteroatoms. The number of benzene rings is 1. The van der Waals surface area contributed by atoms with Crippen LogP contribution in [0.4, 0.5) is 17.5 Å². The van der Waals surface area contributed by atoms with Gasteiger partial charge in [0.2, 0.25) is 5.95 Å². The minimum Gasteiger partial charge on any atom is -0.341 e. The van der Waals surface area contributed by atoms with Crippen LogP contribution < -0.4 is 10.2 Å². The molecular weight excluding hydrogens is 340 g/mol. The van der Waals surface area contributed by atoms with Gasteiger partial charge in [0.15, 0.2) is 0 Å². The predicted molar refractivity (Wildman–Crippen MR) is 94.9 cm³/mol. The minimum atomic E-state index is 0.832. The van der Waals surface area contributed by atoms with Crippen molar-refractivity contribution >= 4 is 33.4 Å². The molecule has 4 nitrogen and oxygen atoms in total. The highest BCUT2D eigenvalue weighted by Crippen LogP contribution is 2.24. The molecule has 3 rings (SSSR count). The molecule has 0 spiro atoms. The smallest absolute Gasteiger partial charge is 0.227 e. The highest BCUT2D eigenvalue weighted by Gasteiger charge is 2.12. The van der Waals surface area contributed by atoms with Crippen molar-refractivity contribution in [2.24, 2.45) is 0 Å². The van der Waals surface area contributed by atoms with Gasteiger partial charge in [-0.05, 0) is 43.5 Å². The summed E-state index contributed by atoms with van der Waals surface area (Å²) in [5.41, 5.74) is 2.25. The Labute approximate surface area is 140 Å². The van der Waals surface area contributed by atoms with E-state index >= 15 is 0 Å². The SMILES string of the molecule is Cc1ccc(Nc2ccnc(N3CCCCCC3)n2)cc1Br. The molecule has 0 amide bonds. The molecule has 0 aliphatic carbocycles. The molecule has 1 saturated heterocycles. The van der Waals surface area contributed by atoms with Gasteiger partial charge >= 0.3 is 0 Å². The average Bonchev–Trinajstić information content (AvgIpc) is 2.80. The van der Waals surface area contributed by atoms with Crippen molar-refractivity contribution in [2.75, 3.05) is 23.3 Å². The molecule has 1 N–H and O–H groups in total. The fourth-order valence-electron chi connectivity index (χ4n) is 2.66. The molecule has 1 aromatic carbocycles. The Balaban J connectivity index is 1.76. The second kappa shape index (κ2) is 7.09. The highest BCUT2D eigenvalue weighted by atomic mass is 79.9. The number of nitrogens with one attached hydrogen (secondary N) is 1. The van der Waals surface area contributed by atoms with E-state index in [1.807, 2.05) is 12.3 Å². The lowest BCUT2D eigenvalue weighted by atomic mass is 10.2. The normalized spacial score (nSPS) is 15.5. The van der Waals surface area contributed by atoms with Gasteiger partial charge in [-0.3, -0.25) is 0 Å². The molecule has 1 aromatic heterocycles. The Morgan fingerprint density at radius 1 is 1.09 bits per heavy atom. The molecule has 0 bridgehead atoms. The quantitative estimate of drug-likeness (QED) is 0.863. The Morgan fingerprint density at radius 3 is 2.59 bits per heavy atom. The summed E-state index contributed by atoms with van der Waals surface area (Å²) in [7, 11) is 0. The lowest BCUT2D eigenvalue weighted by Crippen LogP contribution is -2.26. The topological polar surface area (TPSA) is 41.1 Å². The summed E-state index contributed by atoms with van der Waals surface area (Å²) in [5, 5.41) is 3.36. The van der Waals surface area contributed by atoms with Crippen molar-refractivity contribution in [1.29, 1.82) is 0 Å². The van der Waals surface area contributed by atoms with Crippen molar-refractivity contribution in [3.63, 3.8) is 0 Å². The lowest BCUT2D eigenvalue weighted by Gasteiger charge is -2.20. The van der Waals surface area contributed by atoms with E-state index in [-0.39, 0.29) is 0 Å². The van der Waals surface area contributed by atoms with Crippen LogP contribution in [0.25, 0.3) is 0 Å². The molecule has 0 radical (unpaired) electrons. The van der Waals surface area contributed by atoms with E-state index in [1.165, 1.54) is 31.2 Å². The monoisotopic (exact) mass is 360 g/mol. The first-order valence-corrected chi connectivity index (χ1v) is 8.63. The number of halogens is 1. The fraction of sp³-hybridized carbons (Fsp3) is 0.412. The van der Waals surface area contributed by atoms with Crippen LogP contribution in [0.1, 0.15) is 31.2 Å². The molecule has 1 fully saturated rings. The first-order valence-electron chi connectivity index (χ1n) is 7.83. The highest BCUT2D eigenvalue weighted by molar-refractivity contribution is 9.10. The summed E-state index contributed by atoms with van der Waals surface area (Å²) in [6, 6.07) is 8.13. The second-order valence-electron chi connectivity index (χ2n) is 5.73. The third-order valence-electron chi connectivity index (χ3n) is 3.98. The molecule has 22 heavy (non-hydrogen) atoms. The molecule has 1 aliphatic rings. The largest absolute Gasteiger partial charge is 0.341 e. The van der Waals surface area contributed by atoms with E-state index in [2.05, 4.69) is 61.2 Å². The first-order chi connectivity index (χ1) is 10.7. The fourth-order valence-corrected chi connectivity index (χ4v) is 3.04. The Morgan fingerprint density at radius 2 is 1.86 bits per heavy atom. The number of rotatable bonds is 3. The van der Waals surface area contributed by atoms with Crippen LogP contribution in [0.2, 0.25) is 0 Å². The van der Waals surface area contributed by atoms with Gasteiger partial charge in [0, 0.05) is 29.4 Å². The van der Waals surface area contributed by atoms with Gasteiger partial charge < -0.3 is 10.2 Å². The van der Waals surface area contributed by atoms with Crippen LogP contribution in [0.5, 0.6) is 0 Å². The van der Waals surface area contributed by atoms with Gasteiger partial charge in [0.05, 0.1) is 0 Å². The van der Waals surface area contributed by atoms with Crippen LogP contribution in [0, 0.1) is 6.92 Å². The summed E-state index contributed by atoms with van der Waals surface area (Å²) in [5.74, 6) is 1.67. The third-order valence-corrected chi connectivity index (χ3v) is 4.83. The van der Waals surface area contributed by atoms with Gasteiger partial charge in [-0.15, -0.1) is 0 Å². The maximum atomic E-state index is 4.67. The molecule has 0 unspecified atom stereocenters. The Bertz CT molecular complexity index is 636. The van der Waals surface area contributed by atoms with Crippen LogP contribution in [-0.4, -0.2) is 23.1 Å². The molecule has 0 saturated carbocycles. The maximum Gasteiger partial charge on any atom is 0.227 e. The van der Waals surface area contributed by atoms with E-state index in [4.69, 9.17) is 0 Å². The zero-order valence-corrected chi connectivity index (χ0v) is 14.4. The Kier molecular flexibility index (Phi) is 4.93. The van der Waals surface area contributed by atoms with Crippen LogP contribution in [0.15, 0.2) is 34.9 Å². The van der Waals surface area contributed by atoms with Crippen LogP contribution >= 0.6 is 15.9 Å². The number of aryl methyl sites for hydroxylation is 1. The number of aromatic nitrogens is 2. The number of hydrogen-bond acceptors (Lipinski definition) is 4. The Hall–Kier alpha value is -1.62. The molecule has 1 aliphatic heterocycles. The van der Waals surface area contributed by atoms with Gasteiger partial charge in [-0.1, -0.05) is 34.8 Å². The number of anilines is 3. The third kappa shape index (κ3) is 3.77. The van der Waals surface area contributed by atoms with Crippen LogP contribution in [0.3, 0.4) is 0 Å². The molecule has 2 aromatic rings. The van der Waals surface area contributed by atoms with Gasteiger partial charge in [0.1, 0.15) is 5.82 Å². The summed E-state index contributed by atoms with van der Waals surface area (Å²) in [4.78, 5) is 11.4. The van der Waals surface area contributed by atoms with E-state index in [9.17, 15) is 0 Å². The minimum absolute atomic E-state index is 0.832. The van der Waals surface area contributed by atoms with Gasteiger partial charge in [-0.2, -0.15) is 4.98 Å². The van der Waals surface area contributed by atoms with Crippen molar-refractivity contribution < 1.29 is 0 Å². The zero-order chi connectivity index (χ0) is 15.4. The molecule has 2 heterocycles. The summed E-state index contributed by atoms with van der Waals surface area (Å²) in [6.45, 7) is 4.19. The standard InChI is InChI=1S/C17H21BrN4/c1-13-6-7-14(12-15(13)18)20-16-8-9-19-17(21-16)22-10-4-2-3-5-11-22/h6-9,12H,2-5,10-11H2,1H3,(H,19,20,21). The number of nitrogens with zero attached hydrogens (tertiary/aromatic N) is 3. The predicted octanol–water partition coefficient (Wildman–Crippen LogP) is 4.67. The lowest BCUT2D eigenvalue weighted by molar-refractivity contribution is 0.726. The second-order valence-corrected chi connectivity index (χ2v) is 6.59. The van der Waals surface area contributed by atoms with Crippen molar-refractivity contribution in [2.45, 2.75) is 32.6 Å². The first kappa shape index (κ1) is 15.3. The van der Waals surface area contributed by atoms with E-state index in [0.29, 0.717) is 0 Å². The van der Waals surface area contributed by atoms with Crippen molar-refractivity contribution in [3.8, 4) is 0 Å². The summed E-state index contributed by atoms with van der Waals surface area (Å²) < 4.78 is 1.10.